The standard InChI is InChI=1S/C14H24N2OS/c1-11(2)6-8-16-14(17)12(3)15-9-7-13-5-4-10-18-13/h4-5,10-12,15H,6-9H2,1-3H3,(H,16,17). The van der Waals surface area contributed by atoms with Gasteiger partial charge < -0.3 is 10.6 Å². The summed E-state index contributed by atoms with van der Waals surface area (Å²) in [5.41, 5.74) is 0. The minimum Gasteiger partial charge on any atom is -0.355 e. The maximum absolute atomic E-state index is 11.7. The minimum absolute atomic E-state index is 0.0989. The highest BCUT2D eigenvalue weighted by atomic mass is 32.1. The highest BCUT2D eigenvalue weighted by molar-refractivity contribution is 7.09. The van der Waals surface area contributed by atoms with Crippen LogP contribution in [0.5, 0.6) is 0 Å². The van der Waals surface area contributed by atoms with Crippen LogP contribution in [0.1, 0.15) is 32.1 Å². The van der Waals surface area contributed by atoms with Gasteiger partial charge in [-0.3, -0.25) is 4.79 Å². The first-order chi connectivity index (χ1) is 8.59. The quantitative estimate of drug-likeness (QED) is 0.760. The molecule has 0 fully saturated rings. The fourth-order valence-corrected chi connectivity index (χ4v) is 2.31. The van der Waals surface area contributed by atoms with Crippen molar-refractivity contribution in [3.63, 3.8) is 0 Å². The molecule has 1 aromatic heterocycles. The fourth-order valence-electron chi connectivity index (χ4n) is 1.60. The Morgan fingerprint density at radius 1 is 1.33 bits per heavy atom. The summed E-state index contributed by atoms with van der Waals surface area (Å²) in [5, 5.41) is 8.29. The average Bonchev–Trinajstić information content (AvgIpc) is 2.81. The van der Waals surface area contributed by atoms with Gasteiger partial charge in [-0.2, -0.15) is 0 Å². The summed E-state index contributed by atoms with van der Waals surface area (Å²) in [6, 6.07) is 4.07. The number of nitrogens with one attached hydrogen (secondary N) is 2. The van der Waals surface area contributed by atoms with Crippen LogP contribution in [-0.4, -0.2) is 25.0 Å². The van der Waals surface area contributed by atoms with E-state index < -0.39 is 0 Å². The third-order valence-electron chi connectivity index (χ3n) is 2.82. The molecule has 3 nitrogen and oxygen atoms in total. The predicted octanol–water partition coefficient (Wildman–Crippen LogP) is 2.43. The normalized spacial score (nSPS) is 12.7. The lowest BCUT2D eigenvalue weighted by Crippen LogP contribution is -2.43. The van der Waals surface area contributed by atoms with Gasteiger partial charge in [-0.15, -0.1) is 11.3 Å². The predicted molar refractivity (Wildman–Crippen MR) is 78.0 cm³/mol. The Morgan fingerprint density at radius 2 is 2.11 bits per heavy atom. The van der Waals surface area contributed by atoms with E-state index >= 15 is 0 Å². The van der Waals surface area contributed by atoms with Gasteiger partial charge in [0.2, 0.25) is 5.91 Å². The maximum Gasteiger partial charge on any atom is 0.236 e. The van der Waals surface area contributed by atoms with Crippen LogP contribution < -0.4 is 10.6 Å². The van der Waals surface area contributed by atoms with E-state index in [9.17, 15) is 4.79 Å². The number of hydrogen-bond donors (Lipinski definition) is 2. The third kappa shape index (κ3) is 6.17. The van der Waals surface area contributed by atoms with E-state index in [1.807, 2.05) is 6.92 Å². The molecule has 0 aliphatic carbocycles. The molecule has 4 heteroatoms. The van der Waals surface area contributed by atoms with Gasteiger partial charge in [-0.05, 0) is 37.1 Å². The molecule has 1 unspecified atom stereocenters. The van der Waals surface area contributed by atoms with E-state index in [4.69, 9.17) is 0 Å². The van der Waals surface area contributed by atoms with Gasteiger partial charge in [0, 0.05) is 18.0 Å². The molecule has 2 N–H and O–H groups in total. The van der Waals surface area contributed by atoms with Crippen LogP contribution in [0, 0.1) is 5.92 Å². The van der Waals surface area contributed by atoms with Crippen molar-refractivity contribution >= 4 is 17.2 Å². The SMILES string of the molecule is CC(C)CCNC(=O)C(C)NCCc1cccs1. The summed E-state index contributed by atoms with van der Waals surface area (Å²) >= 11 is 1.76. The Morgan fingerprint density at radius 3 is 2.72 bits per heavy atom. The fraction of sp³-hybridized carbons (Fsp3) is 0.643. The van der Waals surface area contributed by atoms with Gasteiger partial charge in [0.25, 0.3) is 0 Å². The zero-order valence-electron chi connectivity index (χ0n) is 11.5. The van der Waals surface area contributed by atoms with Gasteiger partial charge >= 0.3 is 0 Å². The molecule has 18 heavy (non-hydrogen) atoms. The average molecular weight is 268 g/mol. The maximum atomic E-state index is 11.7. The van der Waals surface area contributed by atoms with Gasteiger partial charge in [0.05, 0.1) is 6.04 Å². The largest absolute Gasteiger partial charge is 0.355 e. The Balaban J connectivity index is 2.11. The highest BCUT2D eigenvalue weighted by Gasteiger charge is 2.11. The van der Waals surface area contributed by atoms with E-state index in [0.29, 0.717) is 5.92 Å². The molecule has 0 aliphatic rings. The summed E-state index contributed by atoms with van der Waals surface area (Å²) in [7, 11) is 0. The van der Waals surface area contributed by atoms with Crippen LogP contribution in [0.4, 0.5) is 0 Å². The molecule has 1 atom stereocenters. The topological polar surface area (TPSA) is 41.1 Å². The molecule has 0 saturated heterocycles. The Kier molecular flexibility index (Phi) is 6.98. The van der Waals surface area contributed by atoms with Crippen molar-refractivity contribution in [1.82, 2.24) is 10.6 Å². The first kappa shape index (κ1) is 15.2. The van der Waals surface area contributed by atoms with Crippen LogP contribution in [0.15, 0.2) is 17.5 Å². The Labute approximate surface area is 114 Å². The second kappa shape index (κ2) is 8.27. The van der Waals surface area contributed by atoms with E-state index in [-0.39, 0.29) is 11.9 Å². The number of carbonyl (C=O) groups excluding carboxylic acids is 1. The van der Waals surface area contributed by atoms with Crippen molar-refractivity contribution in [2.24, 2.45) is 5.92 Å². The van der Waals surface area contributed by atoms with Crippen molar-refractivity contribution < 1.29 is 4.79 Å². The third-order valence-corrected chi connectivity index (χ3v) is 3.75. The zero-order chi connectivity index (χ0) is 13.4. The minimum atomic E-state index is -0.114. The summed E-state index contributed by atoms with van der Waals surface area (Å²) < 4.78 is 0. The summed E-state index contributed by atoms with van der Waals surface area (Å²) in [5.74, 6) is 0.731. The lowest BCUT2D eigenvalue weighted by Gasteiger charge is -2.14. The van der Waals surface area contributed by atoms with Crippen molar-refractivity contribution in [1.29, 1.82) is 0 Å². The molecule has 0 aromatic carbocycles. The lowest BCUT2D eigenvalue weighted by molar-refractivity contribution is -0.122. The highest BCUT2D eigenvalue weighted by Crippen LogP contribution is 2.08. The Hall–Kier alpha value is -0.870. The molecule has 0 radical (unpaired) electrons. The number of carbonyl (C=O) groups is 1. The van der Waals surface area contributed by atoms with Crippen LogP contribution in [0.25, 0.3) is 0 Å². The number of thiophene rings is 1. The van der Waals surface area contributed by atoms with E-state index in [2.05, 4.69) is 42.0 Å². The molecule has 102 valence electrons. The first-order valence-corrected chi connectivity index (χ1v) is 7.51. The van der Waals surface area contributed by atoms with E-state index in [1.165, 1.54) is 4.88 Å². The van der Waals surface area contributed by atoms with Crippen molar-refractivity contribution in [2.45, 2.75) is 39.7 Å². The smallest absolute Gasteiger partial charge is 0.236 e. The molecular weight excluding hydrogens is 244 g/mol. The van der Waals surface area contributed by atoms with Crippen molar-refractivity contribution in [3.05, 3.63) is 22.4 Å². The molecule has 1 heterocycles. The van der Waals surface area contributed by atoms with Crippen LogP contribution in [-0.2, 0) is 11.2 Å². The number of hydrogen-bond acceptors (Lipinski definition) is 3. The Bertz CT molecular complexity index is 336. The van der Waals surface area contributed by atoms with Crippen LogP contribution >= 0.6 is 11.3 Å². The molecule has 0 spiro atoms. The molecule has 1 rings (SSSR count). The van der Waals surface area contributed by atoms with Gasteiger partial charge in [0.15, 0.2) is 0 Å². The summed E-state index contributed by atoms with van der Waals surface area (Å²) in [4.78, 5) is 13.1. The van der Waals surface area contributed by atoms with Gasteiger partial charge in [-0.1, -0.05) is 19.9 Å². The summed E-state index contributed by atoms with van der Waals surface area (Å²) in [6.45, 7) is 7.86. The second-order valence-corrected chi connectivity index (χ2v) is 6.01. The lowest BCUT2D eigenvalue weighted by atomic mass is 10.1. The van der Waals surface area contributed by atoms with Crippen LogP contribution in [0.2, 0.25) is 0 Å². The number of amides is 1. The molecule has 0 bridgehead atoms. The van der Waals surface area contributed by atoms with Gasteiger partial charge in [-0.25, -0.2) is 0 Å². The monoisotopic (exact) mass is 268 g/mol. The van der Waals surface area contributed by atoms with E-state index in [1.54, 1.807) is 11.3 Å². The molecule has 0 saturated carbocycles. The van der Waals surface area contributed by atoms with E-state index in [0.717, 1.165) is 25.9 Å². The van der Waals surface area contributed by atoms with Gasteiger partial charge in [0.1, 0.15) is 0 Å². The zero-order valence-corrected chi connectivity index (χ0v) is 12.3. The van der Waals surface area contributed by atoms with Crippen LogP contribution in [0.3, 0.4) is 0 Å². The second-order valence-electron chi connectivity index (χ2n) is 4.98. The number of rotatable bonds is 8. The molecular formula is C14H24N2OS. The first-order valence-electron chi connectivity index (χ1n) is 6.63. The molecule has 1 aromatic rings. The van der Waals surface area contributed by atoms with Crippen molar-refractivity contribution in [3.8, 4) is 0 Å². The summed E-state index contributed by atoms with van der Waals surface area (Å²) in [6.07, 6.45) is 2.02. The molecule has 0 aliphatic heterocycles. The molecule has 1 amide bonds. The van der Waals surface area contributed by atoms with Crippen molar-refractivity contribution in [2.75, 3.05) is 13.1 Å².